The van der Waals surface area contributed by atoms with E-state index in [9.17, 15) is 4.79 Å². The molecule has 0 saturated heterocycles. The maximum Gasteiger partial charge on any atom is 0.282 e. The minimum atomic E-state index is -0.196. The second kappa shape index (κ2) is 11.2. The van der Waals surface area contributed by atoms with Crippen molar-refractivity contribution in [2.75, 3.05) is 0 Å². The van der Waals surface area contributed by atoms with E-state index in [1.165, 1.54) is 11.1 Å². The van der Waals surface area contributed by atoms with Gasteiger partial charge in [-0.15, -0.1) is 0 Å². The van der Waals surface area contributed by atoms with Crippen molar-refractivity contribution in [3.63, 3.8) is 0 Å². The topological polar surface area (TPSA) is 56.5 Å². The average Bonchev–Trinajstić information content (AvgIpc) is 2.89. The van der Waals surface area contributed by atoms with Crippen LogP contribution in [0.2, 0.25) is 10.0 Å². The zero-order valence-corrected chi connectivity index (χ0v) is 22.6. The molecule has 0 unspecified atom stereocenters. The molecule has 184 valence electrons. The maximum absolute atomic E-state index is 13.5. The Morgan fingerprint density at radius 3 is 2.47 bits per heavy atom. The van der Waals surface area contributed by atoms with Crippen LogP contribution in [0.5, 0.6) is 5.75 Å². The highest BCUT2D eigenvalue weighted by Gasteiger charge is 2.22. The Morgan fingerprint density at radius 1 is 1.03 bits per heavy atom. The molecule has 0 amide bonds. The summed E-state index contributed by atoms with van der Waals surface area (Å²) in [6.45, 7) is 0.353. The molecule has 5 nitrogen and oxygen atoms in total. The maximum atomic E-state index is 13.5. The standard InChI is InChI=1S/C28H24BrCl2N3O2/c29-21-11-12-25-22(15-21)28(35)34(27(33-25)20-9-5-2-6-10-20)32-16-19-13-23(30)26(24(31)14-19)36-17-18-7-3-1-4-8-18/h1,3-4,7-8,11-16,20H,2,5-6,9-10,17H2. The Kier molecular flexibility index (Phi) is 7.75. The quantitative estimate of drug-likeness (QED) is 0.216. The van der Waals surface area contributed by atoms with Crippen LogP contribution in [0.4, 0.5) is 0 Å². The fourth-order valence-electron chi connectivity index (χ4n) is 4.55. The lowest BCUT2D eigenvalue weighted by molar-refractivity contribution is 0.306. The number of halogens is 3. The van der Waals surface area contributed by atoms with Crippen LogP contribution in [0.1, 0.15) is 55.0 Å². The van der Waals surface area contributed by atoms with E-state index in [1.807, 2.05) is 42.5 Å². The van der Waals surface area contributed by atoms with Crippen molar-refractivity contribution in [3.05, 3.63) is 102 Å². The fourth-order valence-corrected chi connectivity index (χ4v) is 5.52. The van der Waals surface area contributed by atoms with E-state index < -0.39 is 0 Å². The summed E-state index contributed by atoms with van der Waals surface area (Å²) in [6, 6.07) is 18.8. The van der Waals surface area contributed by atoms with Crippen molar-refractivity contribution >= 4 is 56.2 Å². The second-order valence-electron chi connectivity index (χ2n) is 8.92. The van der Waals surface area contributed by atoms with E-state index in [2.05, 4.69) is 21.0 Å². The van der Waals surface area contributed by atoms with Crippen LogP contribution in [0.15, 0.2) is 75.0 Å². The largest absolute Gasteiger partial charge is 0.486 e. The number of hydrogen-bond donors (Lipinski definition) is 0. The van der Waals surface area contributed by atoms with Crippen LogP contribution in [0, 0.1) is 0 Å². The lowest BCUT2D eigenvalue weighted by Gasteiger charge is -2.22. The van der Waals surface area contributed by atoms with E-state index in [0.717, 1.165) is 35.7 Å². The summed E-state index contributed by atoms with van der Waals surface area (Å²) in [6.07, 6.45) is 7.04. The summed E-state index contributed by atoms with van der Waals surface area (Å²) in [7, 11) is 0. The van der Waals surface area contributed by atoms with E-state index >= 15 is 0 Å². The molecule has 1 saturated carbocycles. The number of nitrogens with zero attached hydrogens (tertiary/aromatic N) is 3. The molecule has 0 aliphatic heterocycles. The van der Waals surface area contributed by atoms with Gasteiger partial charge >= 0.3 is 0 Å². The monoisotopic (exact) mass is 583 g/mol. The molecule has 1 aromatic heterocycles. The fraction of sp³-hybridized carbons (Fsp3) is 0.250. The van der Waals surface area contributed by atoms with E-state index in [0.29, 0.717) is 44.7 Å². The third-order valence-corrected chi connectivity index (χ3v) is 7.43. The molecule has 0 radical (unpaired) electrons. The Bertz CT molecular complexity index is 1460. The first-order valence-electron chi connectivity index (χ1n) is 11.9. The van der Waals surface area contributed by atoms with Gasteiger partial charge in [0.05, 0.1) is 27.2 Å². The Labute approximate surface area is 227 Å². The normalized spacial score (nSPS) is 14.5. The van der Waals surface area contributed by atoms with Crippen molar-refractivity contribution in [3.8, 4) is 5.75 Å². The first-order valence-corrected chi connectivity index (χ1v) is 13.5. The summed E-state index contributed by atoms with van der Waals surface area (Å²) in [5.41, 5.74) is 2.16. The van der Waals surface area contributed by atoms with Crippen molar-refractivity contribution in [1.82, 2.24) is 9.66 Å². The minimum Gasteiger partial charge on any atom is -0.486 e. The van der Waals surface area contributed by atoms with Gasteiger partial charge in [-0.05, 0) is 54.3 Å². The molecule has 0 bridgehead atoms. The smallest absolute Gasteiger partial charge is 0.282 e. The van der Waals surface area contributed by atoms with Crippen molar-refractivity contribution in [1.29, 1.82) is 0 Å². The summed E-state index contributed by atoms with van der Waals surface area (Å²) in [4.78, 5) is 18.4. The Morgan fingerprint density at radius 2 is 1.75 bits per heavy atom. The van der Waals surface area contributed by atoms with Crippen molar-refractivity contribution in [2.45, 2.75) is 44.6 Å². The number of ether oxygens (including phenoxy) is 1. The molecule has 1 aliphatic carbocycles. The number of rotatable bonds is 6. The van der Waals surface area contributed by atoms with E-state index in [-0.39, 0.29) is 11.5 Å². The number of fused-ring (bicyclic) bond motifs is 1. The minimum absolute atomic E-state index is 0.192. The van der Waals surface area contributed by atoms with Crippen LogP contribution in [0.25, 0.3) is 10.9 Å². The van der Waals surface area contributed by atoms with Gasteiger partial charge in [0.15, 0.2) is 5.75 Å². The van der Waals surface area contributed by atoms with Crippen LogP contribution in [-0.2, 0) is 6.61 Å². The molecular formula is C28H24BrCl2N3O2. The molecule has 1 aliphatic rings. The Hall–Kier alpha value is -2.67. The van der Waals surface area contributed by atoms with Gasteiger partial charge in [0.25, 0.3) is 5.56 Å². The van der Waals surface area contributed by atoms with Gasteiger partial charge < -0.3 is 4.74 Å². The van der Waals surface area contributed by atoms with Crippen LogP contribution in [-0.4, -0.2) is 15.9 Å². The molecule has 0 atom stereocenters. The van der Waals surface area contributed by atoms with E-state index in [1.54, 1.807) is 24.4 Å². The second-order valence-corrected chi connectivity index (χ2v) is 10.6. The van der Waals surface area contributed by atoms with Gasteiger partial charge in [-0.2, -0.15) is 9.78 Å². The van der Waals surface area contributed by atoms with Crippen molar-refractivity contribution < 1.29 is 4.74 Å². The summed E-state index contributed by atoms with van der Waals surface area (Å²) >= 11 is 16.5. The van der Waals surface area contributed by atoms with Gasteiger partial charge in [-0.3, -0.25) is 4.79 Å². The molecule has 3 aromatic carbocycles. The zero-order chi connectivity index (χ0) is 25.1. The molecule has 1 fully saturated rings. The van der Waals surface area contributed by atoms with Gasteiger partial charge in [-0.25, -0.2) is 4.98 Å². The lowest BCUT2D eigenvalue weighted by Crippen LogP contribution is -2.25. The van der Waals surface area contributed by atoms with Crippen LogP contribution >= 0.6 is 39.1 Å². The first-order chi connectivity index (χ1) is 17.5. The lowest BCUT2D eigenvalue weighted by atomic mass is 9.88. The predicted molar refractivity (Wildman–Crippen MR) is 150 cm³/mol. The van der Waals surface area contributed by atoms with Gasteiger partial charge in [0.2, 0.25) is 0 Å². The molecule has 4 aromatic rings. The van der Waals surface area contributed by atoms with E-state index in [4.69, 9.17) is 32.9 Å². The molecule has 5 rings (SSSR count). The summed E-state index contributed by atoms with van der Waals surface area (Å²) < 4.78 is 8.13. The molecule has 1 heterocycles. The number of benzene rings is 3. The van der Waals surface area contributed by atoms with Crippen molar-refractivity contribution in [2.24, 2.45) is 5.10 Å². The number of aromatic nitrogens is 2. The molecule has 36 heavy (non-hydrogen) atoms. The Balaban J connectivity index is 1.48. The molecule has 8 heteroatoms. The van der Waals surface area contributed by atoms with Crippen LogP contribution in [0.3, 0.4) is 0 Å². The first kappa shape index (κ1) is 25.0. The highest BCUT2D eigenvalue weighted by molar-refractivity contribution is 9.10. The third-order valence-electron chi connectivity index (χ3n) is 6.37. The molecular weight excluding hydrogens is 561 g/mol. The zero-order valence-electron chi connectivity index (χ0n) is 19.5. The predicted octanol–water partition coefficient (Wildman–Crippen LogP) is 7.97. The van der Waals surface area contributed by atoms with Gasteiger partial charge in [0.1, 0.15) is 12.4 Å². The van der Waals surface area contributed by atoms with Crippen LogP contribution < -0.4 is 10.3 Å². The number of hydrogen-bond acceptors (Lipinski definition) is 4. The SMILES string of the molecule is O=c1c2cc(Br)ccc2nc(C2CCCCC2)n1N=Cc1cc(Cl)c(OCc2ccccc2)c(Cl)c1. The average molecular weight is 585 g/mol. The highest BCUT2D eigenvalue weighted by Crippen LogP contribution is 2.35. The molecule has 0 spiro atoms. The molecule has 0 N–H and O–H groups in total. The summed E-state index contributed by atoms with van der Waals surface area (Å²) in [5.74, 6) is 1.31. The highest BCUT2D eigenvalue weighted by atomic mass is 79.9. The summed E-state index contributed by atoms with van der Waals surface area (Å²) in [5, 5.41) is 5.85. The van der Waals surface area contributed by atoms with Gasteiger partial charge in [0, 0.05) is 10.4 Å². The third kappa shape index (κ3) is 5.51. The van der Waals surface area contributed by atoms with Gasteiger partial charge in [-0.1, -0.05) is 88.7 Å².